The van der Waals surface area contributed by atoms with E-state index in [1.165, 1.54) is 16.7 Å². The molecule has 3 N–H and O–H groups in total. The number of aliphatic carboxylic acids is 2. The highest BCUT2D eigenvalue weighted by Gasteiger charge is 2.31. The molecule has 2 atom stereocenters. The third kappa shape index (κ3) is 6.32. The lowest BCUT2D eigenvalue weighted by Crippen LogP contribution is -2.48. The molecule has 0 unspecified atom stereocenters. The highest BCUT2D eigenvalue weighted by molar-refractivity contribution is 8.00. The van der Waals surface area contributed by atoms with Crippen molar-refractivity contribution >= 4 is 35.3 Å². The van der Waals surface area contributed by atoms with Crippen molar-refractivity contribution in [2.75, 3.05) is 23.7 Å². The number of amides is 1. The van der Waals surface area contributed by atoms with Crippen LogP contribution in [-0.4, -0.2) is 58.2 Å². The van der Waals surface area contributed by atoms with Gasteiger partial charge < -0.3 is 15.5 Å². The van der Waals surface area contributed by atoms with Crippen LogP contribution in [-0.2, 0) is 27.2 Å². The van der Waals surface area contributed by atoms with E-state index < -0.39 is 23.2 Å². The quantitative estimate of drug-likeness (QED) is 0.485. The van der Waals surface area contributed by atoms with Gasteiger partial charge in [0.05, 0.1) is 6.04 Å². The normalized spacial score (nSPS) is 17.0. The highest BCUT2D eigenvalue weighted by Crippen LogP contribution is 2.27. The molecule has 0 saturated carbocycles. The van der Waals surface area contributed by atoms with E-state index in [1.54, 1.807) is 12.1 Å². The lowest BCUT2D eigenvalue weighted by molar-refractivity contribution is -0.137. The second kappa shape index (κ2) is 11.0. The summed E-state index contributed by atoms with van der Waals surface area (Å²) in [7, 11) is 0. The Balaban J connectivity index is 1.57. The molecule has 0 fully saturated rings. The number of para-hydroxylation sites is 1. The van der Waals surface area contributed by atoms with E-state index in [1.807, 2.05) is 42.5 Å². The van der Waals surface area contributed by atoms with E-state index in [-0.39, 0.29) is 12.5 Å². The first kappa shape index (κ1) is 22.8. The topological polar surface area (TPSA) is 107 Å². The Kier molecular flexibility index (Phi) is 8.08. The number of hydrogen-bond donors (Lipinski definition) is 3. The summed E-state index contributed by atoms with van der Waals surface area (Å²) in [4.78, 5) is 37.3. The highest BCUT2D eigenvalue weighted by atomic mass is 32.2. The number of thioether (sulfide) groups is 1. The van der Waals surface area contributed by atoms with Crippen molar-refractivity contribution in [3.05, 3.63) is 65.7 Å². The van der Waals surface area contributed by atoms with Gasteiger partial charge in [-0.3, -0.25) is 19.3 Å². The van der Waals surface area contributed by atoms with Crippen LogP contribution >= 0.6 is 11.8 Å². The Morgan fingerprint density at radius 3 is 2.52 bits per heavy atom. The van der Waals surface area contributed by atoms with Crippen molar-refractivity contribution in [1.82, 2.24) is 5.32 Å². The van der Waals surface area contributed by atoms with Gasteiger partial charge in [-0.2, -0.15) is 0 Å². The average molecular weight is 443 g/mol. The Labute approximate surface area is 185 Å². The lowest BCUT2D eigenvalue weighted by atomic mass is 10.1. The number of carboxylic acids is 2. The van der Waals surface area contributed by atoms with E-state index in [9.17, 15) is 24.6 Å². The van der Waals surface area contributed by atoms with Crippen LogP contribution in [0.2, 0.25) is 0 Å². The first-order valence-electron chi connectivity index (χ1n) is 10.2. The summed E-state index contributed by atoms with van der Waals surface area (Å²) < 4.78 is 0. The number of carbonyl (C=O) groups is 3. The zero-order valence-electron chi connectivity index (χ0n) is 17.1. The Morgan fingerprint density at radius 1 is 1.10 bits per heavy atom. The first-order valence-corrected chi connectivity index (χ1v) is 11.2. The van der Waals surface area contributed by atoms with Crippen molar-refractivity contribution in [3.8, 4) is 0 Å². The van der Waals surface area contributed by atoms with E-state index in [0.717, 1.165) is 11.1 Å². The van der Waals surface area contributed by atoms with E-state index in [4.69, 9.17) is 0 Å². The molecule has 8 heteroatoms. The maximum atomic E-state index is 13.0. The Hall–Kier alpha value is -2.84. The number of hydrogen-bond acceptors (Lipinski definition) is 5. The Morgan fingerprint density at radius 2 is 1.81 bits per heavy atom. The molecule has 0 spiro atoms. The maximum Gasteiger partial charge on any atom is 0.323 e. The van der Waals surface area contributed by atoms with E-state index in [0.29, 0.717) is 37.2 Å². The molecule has 2 aromatic rings. The minimum Gasteiger partial charge on any atom is -0.480 e. The lowest BCUT2D eigenvalue weighted by Gasteiger charge is -2.25. The van der Waals surface area contributed by atoms with Gasteiger partial charge in [-0.1, -0.05) is 48.5 Å². The molecule has 0 saturated heterocycles. The summed E-state index contributed by atoms with van der Waals surface area (Å²) in [6, 6.07) is 16.3. The fourth-order valence-electron chi connectivity index (χ4n) is 3.68. The van der Waals surface area contributed by atoms with Gasteiger partial charge in [0.25, 0.3) is 0 Å². The SMILES string of the molecule is O=C(O)CN1C(=O)[C@@H](NCCS[C@H](Cc2ccccc2)C(=O)O)CCc2ccccc21. The third-order valence-electron chi connectivity index (χ3n) is 5.19. The van der Waals surface area contributed by atoms with Gasteiger partial charge in [0.15, 0.2) is 0 Å². The molecule has 0 aliphatic carbocycles. The minimum absolute atomic E-state index is 0.267. The van der Waals surface area contributed by atoms with Gasteiger partial charge in [-0.05, 0) is 36.5 Å². The molecule has 1 heterocycles. The summed E-state index contributed by atoms with van der Waals surface area (Å²) >= 11 is 1.34. The van der Waals surface area contributed by atoms with E-state index >= 15 is 0 Å². The molecule has 0 radical (unpaired) electrons. The molecular formula is C23H26N2O5S. The van der Waals surface area contributed by atoms with Gasteiger partial charge in [0, 0.05) is 18.0 Å². The van der Waals surface area contributed by atoms with Gasteiger partial charge in [0.2, 0.25) is 5.91 Å². The minimum atomic E-state index is -1.07. The maximum absolute atomic E-state index is 13.0. The number of nitrogens with zero attached hydrogens (tertiary/aromatic N) is 1. The van der Waals surface area contributed by atoms with Crippen molar-refractivity contribution < 1.29 is 24.6 Å². The van der Waals surface area contributed by atoms with Crippen LogP contribution < -0.4 is 10.2 Å². The predicted molar refractivity (Wildman–Crippen MR) is 121 cm³/mol. The molecule has 2 aromatic carbocycles. The fourth-order valence-corrected chi connectivity index (χ4v) is 4.66. The fraction of sp³-hybridized carbons (Fsp3) is 0.348. The van der Waals surface area contributed by atoms with Gasteiger partial charge >= 0.3 is 11.9 Å². The van der Waals surface area contributed by atoms with Crippen LogP contribution in [0.1, 0.15) is 17.5 Å². The summed E-state index contributed by atoms with van der Waals surface area (Å²) in [6.07, 6.45) is 1.66. The largest absolute Gasteiger partial charge is 0.480 e. The van der Waals surface area contributed by atoms with Crippen LogP contribution in [0, 0.1) is 0 Å². The summed E-state index contributed by atoms with van der Waals surface area (Å²) in [6.45, 7) is 0.0673. The molecule has 3 rings (SSSR count). The Bertz CT molecular complexity index is 921. The van der Waals surface area contributed by atoms with Crippen molar-refractivity contribution in [2.45, 2.75) is 30.6 Å². The number of nitrogens with one attached hydrogen (secondary N) is 1. The molecule has 31 heavy (non-hydrogen) atoms. The molecule has 1 amide bonds. The van der Waals surface area contributed by atoms with Crippen LogP contribution in [0.3, 0.4) is 0 Å². The standard InChI is InChI=1S/C23H26N2O5S/c26-21(27)15-25-19-9-5-4-8-17(19)10-11-18(22(25)28)24-12-13-31-20(23(29)30)14-16-6-2-1-3-7-16/h1-9,18,20,24H,10-15H2,(H,26,27)(H,29,30)/t18-,20+/m0/s1. The zero-order chi connectivity index (χ0) is 22.2. The van der Waals surface area contributed by atoms with Crippen LogP contribution in [0.5, 0.6) is 0 Å². The van der Waals surface area contributed by atoms with Gasteiger partial charge in [-0.25, -0.2) is 0 Å². The number of carboxylic acid groups (broad SMARTS) is 2. The number of benzene rings is 2. The number of anilines is 1. The third-order valence-corrected chi connectivity index (χ3v) is 6.40. The molecule has 1 aliphatic rings. The van der Waals surface area contributed by atoms with Crippen molar-refractivity contribution in [3.63, 3.8) is 0 Å². The van der Waals surface area contributed by atoms with Crippen molar-refractivity contribution in [2.24, 2.45) is 0 Å². The number of carbonyl (C=O) groups excluding carboxylic acids is 1. The molecule has 7 nitrogen and oxygen atoms in total. The molecule has 0 aromatic heterocycles. The summed E-state index contributed by atoms with van der Waals surface area (Å²) in [5.41, 5.74) is 2.56. The average Bonchev–Trinajstić information content (AvgIpc) is 2.88. The van der Waals surface area contributed by atoms with Crippen LogP contribution in [0.4, 0.5) is 5.69 Å². The van der Waals surface area contributed by atoms with Crippen LogP contribution in [0.15, 0.2) is 54.6 Å². The molecule has 164 valence electrons. The molecule has 0 bridgehead atoms. The smallest absolute Gasteiger partial charge is 0.323 e. The second-order valence-electron chi connectivity index (χ2n) is 7.38. The van der Waals surface area contributed by atoms with Crippen LogP contribution in [0.25, 0.3) is 0 Å². The number of rotatable bonds is 10. The predicted octanol–water partition coefficient (Wildman–Crippen LogP) is 2.44. The first-order chi connectivity index (χ1) is 15.0. The number of fused-ring (bicyclic) bond motifs is 1. The van der Waals surface area contributed by atoms with Gasteiger partial charge in [0.1, 0.15) is 11.8 Å². The monoisotopic (exact) mass is 442 g/mol. The number of aryl methyl sites for hydroxylation is 1. The zero-order valence-corrected chi connectivity index (χ0v) is 17.9. The second-order valence-corrected chi connectivity index (χ2v) is 8.69. The van der Waals surface area contributed by atoms with E-state index in [2.05, 4.69) is 5.32 Å². The van der Waals surface area contributed by atoms with Gasteiger partial charge in [-0.15, -0.1) is 11.8 Å². The van der Waals surface area contributed by atoms with Crippen molar-refractivity contribution in [1.29, 1.82) is 0 Å². The molecular weight excluding hydrogens is 416 g/mol. The summed E-state index contributed by atoms with van der Waals surface area (Å²) in [5, 5.41) is 21.4. The molecule has 1 aliphatic heterocycles. The summed E-state index contributed by atoms with van der Waals surface area (Å²) in [5.74, 6) is -1.66.